The number of hydrogen-bond donors (Lipinski definition) is 1. The molecule has 1 aromatic carbocycles. The second-order valence-electron chi connectivity index (χ2n) is 5.82. The Balaban J connectivity index is 2.95. The zero-order valence-electron chi connectivity index (χ0n) is 11.4. The number of furan rings is 1. The summed E-state index contributed by atoms with van der Waals surface area (Å²) in [5.41, 5.74) is 3.28. The number of rotatable bonds is 1. The van der Waals surface area contributed by atoms with Crippen LogP contribution in [0.25, 0.3) is 11.0 Å². The van der Waals surface area contributed by atoms with Crippen LogP contribution < -0.4 is 0 Å². The molecule has 0 amide bonds. The lowest BCUT2D eigenvalue weighted by molar-refractivity contribution is 0.0661. The summed E-state index contributed by atoms with van der Waals surface area (Å²) in [6.45, 7) is 9.95. The van der Waals surface area contributed by atoms with Crippen molar-refractivity contribution in [2.75, 3.05) is 0 Å². The minimum atomic E-state index is -1.01. The summed E-state index contributed by atoms with van der Waals surface area (Å²) in [6.07, 6.45) is 0. The van der Waals surface area contributed by atoms with E-state index in [2.05, 4.69) is 0 Å². The Morgan fingerprint density at radius 3 is 2.33 bits per heavy atom. The molecule has 0 saturated heterocycles. The highest BCUT2D eigenvalue weighted by molar-refractivity contribution is 5.97. The van der Waals surface area contributed by atoms with Crippen LogP contribution in [0.2, 0.25) is 0 Å². The van der Waals surface area contributed by atoms with E-state index in [1.165, 1.54) is 0 Å². The van der Waals surface area contributed by atoms with Crippen molar-refractivity contribution < 1.29 is 14.3 Å². The highest BCUT2D eigenvalue weighted by atomic mass is 16.4. The molecule has 18 heavy (non-hydrogen) atoms. The first-order chi connectivity index (χ1) is 8.21. The molecule has 0 unspecified atom stereocenters. The molecule has 0 aliphatic heterocycles. The first-order valence-electron chi connectivity index (χ1n) is 5.99. The molecule has 0 saturated carbocycles. The van der Waals surface area contributed by atoms with Gasteiger partial charge in [-0.25, -0.2) is 4.79 Å². The van der Waals surface area contributed by atoms with Gasteiger partial charge < -0.3 is 9.52 Å². The van der Waals surface area contributed by atoms with Gasteiger partial charge in [-0.3, -0.25) is 0 Å². The summed E-state index contributed by atoms with van der Waals surface area (Å²) < 4.78 is 5.57. The molecule has 2 aromatic rings. The first-order valence-corrected chi connectivity index (χ1v) is 5.99. The summed E-state index contributed by atoms with van der Waals surface area (Å²) in [5, 5.41) is 10.2. The second-order valence-corrected chi connectivity index (χ2v) is 5.82. The molecule has 0 radical (unpaired) electrons. The Labute approximate surface area is 106 Å². The highest BCUT2D eigenvalue weighted by Gasteiger charge is 2.29. The Kier molecular flexibility index (Phi) is 2.73. The Morgan fingerprint density at radius 1 is 1.22 bits per heavy atom. The fourth-order valence-electron chi connectivity index (χ4n) is 2.45. The molecule has 2 rings (SSSR count). The predicted molar refractivity (Wildman–Crippen MR) is 71.3 cm³/mol. The molecule has 1 N–H and O–H groups in total. The SMILES string of the molecule is Cc1cc(C)c2oc(C(=O)O)c(C(C)(C)C)c2c1. The lowest BCUT2D eigenvalue weighted by Crippen LogP contribution is -2.15. The summed E-state index contributed by atoms with van der Waals surface area (Å²) in [7, 11) is 0. The van der Waals surface area contributed by atoms with Gasteiger partial charge >= 0.3 is 5.97 Å². The van der Waals surface area contributed by atoms with Gasteiger partial charge in [-0.2, -0.15) is 0 Å². The zero-order chi connectivity index (χ0) is 13.7. The molecule has 1 heterocycles. The third-order valence-electron chi connectivity index (χ3n) is 3.06. The van der Waals surface area contributed by atoms with E-state index in [4.69, 9.17) is 4.42 Å². The van der Waals surface area contributed by atoms with Gasteiger partial charge in [-0.15, -0.1) is 0 Å². The smallest absolute Gasteiger partial charge is 0.372 e. The molecular formula is C15H18O3. The summed E-state index contributed by atoms with van der Waals surface area (Å²) in [4.78, 5) is 11.3. The number of aryl methyl sites for hydroxylation is 2. The van der Waals surface area contributed by atoms with Gasteiger partial charge in [0.05, 0.1) is 0 Å². The van der Waals surface area contributed by atoms with E-state index in [1.54, 1.807) is 0 Å². The number of benzene rings is 1. The second kappa shape index (κ2) is 3.87. The summed E-state index contributed by atoms with van der Waals surface area (Å²) >= 11 is 0. The normalized spacial score (nSPS) is 12.1. The molecule has 0 aliphatic carbocycles. The standard InChI is InChI=1S/C15H18O3/c1-8-6-9(2)12-10(7-8)11(15(3,4)5)13(18-12)14(16)17/h6-7H,1-5H3,(H,16,17). The molecule has 3 nitrogen and oxygen atoms in total. The van der Waals surface area contributed by atoms with Crippen molar-refractivity contribution in [3.05, 3.63) is 34.6 Å². The van der Waals surface area contributed by atoms with E-state index >= 15 is 0 Å². The maximum absolute atomic E-state index is 11.3. The molecule has 0 aliphatic rings. The van der Waals surface area contributed by atoms with Crippen molar-refractivity contribution in [1.82, 2.24) is 0 Å². The molecule has 0 fully saturated rings. The number of carboxylic acid groups (broad SMARTS) is 1. The number of fused-ring (bicyclic) bond motifs is 1. The van der Waals surface area contributed by atoms with E-state index in [0.29, 0.717) is 5.58 Å². The van der Waals surface area contributed by atoms with Gasteiger partial charge in [0.2, 0.25) is 5.76 Å². The third-order valence-corrected chi connectivity index (χ3v) is 3.06. The van der Waals surface area contributed by atoms with Crippen molar-refractivity contribution in [2.45, 2.75) is 40.0 Å². The summed E-state index contributed by atoms with van der Waals surface area (Å²) in [6, 6.07) is 4.00. The minimum Gasteiger partial charge on any atom is -0.475 e. The van der Waals surface area contributed by atoms with E-state index in [1.807, 2.05) is 46.8 Å². The van der Waals surface area contributed by atoms with Gasteiger partial charge in [0.1, 0.15) is 5.58 Å². The van der Waals surface area contributed by atoms with Crippen molar-refractivity contribution in [3.8, 4) is 0 Å². The fourth-order valence-corrected chi connectivity index (χ4v) is 2.45. The van der Waals surface area contributed by atoms with Crippen LogP contribution in [0.1, 0.15) is 48.0 Å². The molecule has 3 heteroatoms. The van der Waals surface area contributed by atoms with Gasteiger partial charge in [0.15, 0.2) is 0 Å². The van der Waals surface area contributed by atoms with Gasteiger partial charge in [0, 0.05) is 10.9 Å². The van der Waals surface area contributed by atoms with Crippen LogP contribution in [0.15, 0.2) is 16.5 Å². The Hall–Kier alpha value is -1.77. The van der Waals surface area contributed by atoms with Gasteiger partial charge in [0.25, 0.3) is 0 Å². The number of aromatic carboxylic acids is 1. The van der Waals surface area contributed by atoms with E-state index in [-0.39, 0.29) is 11.2 Å². The minimum absolute atomic E-state index is 0.0613. The molecule has 0 bridgehead atoms. The quantitative estimate of drug-likeness (QED) is 0.826. The monoisotopic (exact) mass is 246 g/mol. The summed E-state index contributed by atoms with van der Waals surface area (Å²) in [5.74, 6) is -0.945. The van der Waals surface area contributed by atoms with E-state index in [0.717, 1.165) is 22.1 Å². The number of carboxylic acids is 1. The average Bonchev–Trinajstić information content (AvgIpc) is 2.56. The van der Waals surface area contributed by atoms with Crippen LogP contribution in [0, 0.1) is 13.8 Å². The van der Waals surface area contributed by atoms with E-state index < -0.39 is 5.97 Å². The Bertz CT molecular complexity index is 627. The van der Waals surface area contributed by atoms with Crippen LogP contribution in [-0.2, 0) is 5.41 Å². The van der Waals surface area contributed by atoms with Crippen LogP contribution in [-0.4, -0.2) is 11.1 Å². The molecular weight excluding hydrogens is 228 g/mol. The first kappa shape index (κ1) is 12.7. The lowest BCUT2D eigenvalue weighted by atomic mass is 9.84. The van der Waals surface area contributed by atoms with Crippen molar-refractivity contribution in [1.29, 1.82) is 0 Å². The number of hydrogen-bond acceptors (Lipinski definition) is 2. The lowest BCUT2D eigenvalue weighted by Gasteiger charge is -2.18. The van der Waals surface area contributed by atoms with Crippen LogP contribution in [0.4, 0.5) is 0 Å². The largest absolute Gasteiger partial charge is 0.475 e. The Morgan fingerprint density at radius 2 is 1.83 bits per heavy atom. The number of carbonyl (C=O) groups is 1. The van der Waals surface area contributed by atoms with Crippen LogP contribution >= 0.6 is 0 Å². The topological polar surface area (TPSA) is 50.4 Å². The third kappa shape index (κ3) is 1.90. The van der Waals surface area contributed by atoms with Gasteiger partial charge in [-0.05, 0) is 36.5 Å². The average molecular weight is 246 g/mol. The molecule has 0 spiro atoms. The highest BCUT2D eigenvalue weighted by Crippen LogP contribution is 2.37. The molecule has 0 atom stereocenters. The van der Waals surface area contributed by atoms with Crippen molar-refractivity contribution >= 4 is 16.9 Å². The maximum Gasteiger partial charge on any atom is 0.372 e. The predicted octanol–water partition coefficient (Wildman–Crippen LogP) is 4.05. The van der Waals surface area contributed by atoms with Crippen molar-refractivity contribution in [3.63, 3.8) is 0 Å². The van der Waals surface area contributed by atoms with Crippen molar-refractivity contribution in [2.24, 2.45) is 0 Å². The van der Waals surface area contributed by atoms with E-state index in [9.17, 15) is 9.90 Å². The van der Waals surface area contributed by atoms with Crippen LogP contribution in [0.5, 0.6) is 0 Å². The zero-order valence-corrected chi connectivity index (χ0v) is 11.4. The molecule has 96 valence electrons. The maximum atomic E-state index is 11.3. The fraction of sp³-hybridized carbons (Fsp3) is 0.400. The van der Waals surface area contributed by atoms with Gasteiger partial charge in [-0.1, -0.05) is 26.8 Å². The molecule has 1 aromatic heterocycles. The van der Waals surface area contributed by atoms with Crippen LogP contribution in [0.3, 0.4) is 0 Å².